The molecular weight excluding hydrogens is 499 g/mol. The van der Waals surface area contributed by atoms with Crippen LogP contribution in [0.2, 0.25) is 0 Å². The number of hydrogen-bond donors (Lipinski definition) is 3. The van der Waals surface area contributed by atoms with E-state index < -0.39 is 21.9 Å². The van der Waals surface area contributed by atoms with E-state index in [0.717, 1.165) is 23.6 Å². The summed E-state index contributed by atoms with van der Waals surface area (Å²) in [6.45, 7) is 1.82. The van der Waals surface area contributed by atoms with E-state index in [9.17, 15) is 17.6 Å². The lowest BCUT2D eigenvalue weighted by atomic mass is 10.0. The number of aromatic nitrogens is 2. The van der Waals surface area contributed by atoms with Crippen molar-refractivity contribution >= 4 is 27.8 Å². The highest BCUT2D eigenvalue weighted by atomic mass is 32.2. The first-order valence-electron chi connectivity index (χ1n) is 11.5. The second-order valence-corrected chi connectivity index (χ2v) is 10.4. The highest BCUT2D eigenvalue weighted by molar-refractivity contribution is 7.89. The van der Waals surface area contributed by atoms with Crippen LogP contribution in [0.4, 0.5) is 20.8 Å². The normalized spacial score (nSPS) is 18.0. The number of rotatable bonds is 7. The average molecular weight is 525 g/mol. The molecule has 1 saturated carbocycles. The van der Waals surface area contributed by atoms with Gasteiger partial charge in [-0.25, -0.2) is 32.7 Å². The third-order valence-corrected chi connectivity index (χ3v) is 7.08. The van der Waals surface area contributed by atoms with Crippen molar-refractivity contribution in [1.29, 1.82) is 5.26 Å². The zero-order valence-electron chi connectivity index (χ0n) is 19.9. The van der Waals surface area contributed by atoms with Gasteiger partial charge in [-0.2, -0.15) is 5.26 Å². The van der Waals surface area contributed by atoms with E-state index in [0.29, 0.717) is 18.4 Å². The van der Waals surface area contributed by atoms with Crippen molar-refractivity contribution in [3.63, 3.8) is 0 Å². The molecule has 37 heavy (non-hydrogen) atoms. The predicted molar refractivity (Wildman–Crippen MR) is 133 cm³/mol. The van der Waals surface area contributed by atoms with E-state index in [4.69, 9.17) is 15.1 Å². The maximum absolute atomic E-state index is 14.3. The van der Waals surface area contributed by atoms with Gasteiger partial charge in [-0.15, -0.1) is 0 Å². The van der Waals surface area contributed by atoms with Crippen LogP contribution < -0.4 is 15.8 Å². The summed E-state index contributed by atoms with van der Waals surface area (Å²) in [7, 11) is -4.01. The number of benzene rings is 2. The van der Waals surface area contributed by atoms with Crippen LogP contribution in [-0.4, -0.2) is 30.6 Å². The molecule has 3 aromatic rings. The summed E-state index contributed by atoms with van der Waals surface area (Å²) < 4.78 is 42.6. The van der Waals surface area contributed by atoms with Crippen LogP contribution in [0.15, 0.2) is 59.8 Å². The molecule has 0 radical (unpaired) electrons. The van der Waals surface area contributed by atoms with E-state index >= 15 is 0 Å². The van der Waals surface area contributed by atoms with Crippen LogP contribution in [0.25, 0.3) is 0 Å². The minimum atomic E-state index is -4.01. The van der Waals surface area contributed by atoms with Gasteiger partial charge >= 0.3 is 6.09 Å². The topological polar surface area (TPSA) is 160 Å². The summed E-state index contributed by atoms with van der Waals surface area (Å²) in [6, 6.07) is 12.1. The summed E-state index contributed by atoms with van der Waals surface area (Å²) in [6.07, 6.45) is 4.58. The number of nitriles is 1. The van der Waals surface area contributed by atoms with Crippen molar-refractivity contribution in [1.82, 2.24) is 15.3 Å². The average Bonchev–Trinajstić information content (AvgIpc) is 3.33. The number of nitrogens with one attached hydrogen (secondary N) is 2. The van der Waals surface area contributed by atoms with Crippen LogP contribution in [0.1, 0.15) is 54.8 Å². The Hall–Kier alpha value is -4.08. The number of sulfonamides is 1. The molecule has 1 aliphatic carbocycles. The molecule has 12 heteroatoms. The molecule has 0 aliphatic heterocycles. The van der Waals surface area contributed by atoms with Gasteiger partial charge in [-0.1, -0.05) is 12.1 Å². The Morgan fingerprint density at radius 2 is 1.97 bits per heavy atom. The molecule has 0 saturated heterocycles. The molecule has 192 valence electrons. The van der Waals surface area contributed by atoms with Crippen LogP contribution in [0.5, 0.6) is 0 Å². The first-order chi connectivity index (χ1) is 17.6. The zero-order chi connectivity index (χ0) is 26.6. The van der Waals surface area contributed by atoms with Gasteiger partial charge < -0.3 is 15.4 Å². The van der Waals surface area contributed by atoms with Crippen LogP contribution in [0, 0.1) is 17.1 Å². The molecule has 0 bridgehead atoms. The Morgan fingerprint density at radius 3 is 2.65 bits per heavy atom. The third kappa shape index (κ3) is 6.58. The fraction of sp³-hybridized carbons (Fsp3) is 0.280. The number of amides is 1. The molecule has 1 fully saturated rings. The fourth-order valence-electron chi connectivity index (χ4n) is 4.18. The standard InChI is InChI=1S/C25H25FN6O4S/c1-15(17-4-2-3-16(9-17)12-27)31-25(33)36-20-6-5-18(10-20)19-13-29-24(30-14-19)32-23-8-7-21(11-22(23)26)37(28,34)35/h2-4,7-9,11,13-15,18,20H,5-6,10H2,1H3,(H,31,33)(H2,28,34,35)(H,29,30,32)/t15-,18-,20+/m0/s1. The molecule has 4 N–H and O–H groups in total. The molecule has 2 aromatic carbocycles. The number of alkyl carbamates (subject to hydrolysis) is 1. The lowest BCUT2D eigenvalue weighted by molar-refractivity contribution is 0.0976. The van der Waals surface area contributed by atoms with Gasteiger partial charge in [0.25, 0.3) is 0 Å². The summed E-state index contributed by atoms with van der Waals surface area (Å²) in [5.41, 5.74) is 2.20. The second kappa shape index (κ2) is 10.9. The Labute approximate surface area is 213 Å². The largest absolute Gasteiger partial charge is 0.446 e. The van der Waals surface area contributed by atoms with Crippen molar-refractivity contribution < 1.29 is 22.3 Å². The number of hydrogen-bond acceptors (Lipinski definition) is 8. The molecule has 1 heterocycles. The van der Waals surface area contributed by atoms with Crippen molar-refractivity contribution in [2.24, 2.45) is 5.14 Å². The number of carbonyl (C=O) groups excluding carboxylic acids is 1. The van der Waals surface area contributed by atoms with Crippen LogP contribution >= 0.6 is 0 Å². The van der Waals surface area contributed by atoms with Gasteiger partial charge in [0.05, 0.1) is 28.3 Å². The summed E-state index contributed by atoms with van der Waals surface area (Å²) in [4.78, 5) is 20.5. The molecule has 3 atom stereocenters. The number of nitrogens with zero attached hydrogens (tertiary/aromatic N) is 3. The first kappa shape index (κ1) is 26.0. The monoisotopic (exact) mass is 524 g/mol. The highest BCUT2D eigenvalue weighted by Crippen LogP contribution is 2.36. The van der Waals surface area contributed by atoms with E-state index in [-0.39, 0.29) is 34.6 Å². The summed E-state index contributed by atoms with van der Waals surface area (Å²) in [5, 5.41) is 19.6. The first-order valence-corrected chi connectivity index (χ1v) is 13.1. The highest BCUT2D eigenvalue weighted by Gasteiger charge is 2.29. The van der Waals surface area contributed by atoms with Crippen LogP contribution in [0.3, 0.4) is 0 Å². The second-order valence-electron chi connectivity index (χ2n) is 8.79. The molecule has 4 rings (SSSR count). The van der Waals surface area contributed by atoms with E-state index in [2.05, 4.69) is 26.7 Å². The number of primary sulfonamides is 1. The van der Waals surface area contributed by atoms with Gasteiger partial charge in [0.1, 0.15) is 11.9 Å². The van der Waals surface area contributed by atoms with E-state index in [1.54, 1.807) is 30.6 Å². The van der Waals surface area contributed by atoms with E-state index in [1.807, 2.05) is 13.0 Å². The Bertz CT molecular complexity index is 1440. The lowest BCUT2D eigenvalue weighted by Gasteiger charge is -2.18. The minimum absolute atomic E-state index is 0.00840. The predicted octanol–water partition coefficient (Wildman–Crippen LogP) is 4.00. The quantitative estimate of drug-likeness (QED) is 0.418. The molecule has 1 amide bonds. The van der Waals surface area contributed by atoms with Gasteiger partial charge in [-0.3, -0.25) is 0 Å². The number of ether oxygens (including phenoxy) is 1. The molecule has 0 unspecified atom stereocenters. The van der Waals surface area contributed by atoms with Gasteiger partial charge in [0.2, 0.25) is 16.0 Å². The lowest BCUT2D eigenvalue weighted by Crippen LogP contribution is -2.30. The maximum atomic E-state index is 14.3. The SMILES string of the molecule is C[C@H](NC(=O)O[C@@H]1CC[C@H](c2cnc(Nc3ccc(S(N)(=O)=O)cc3F)nc2)C1)c1cccc(C#N)c1. The zero-order valence-corrected chi connectivity index (χ0v) is 20.7. The van der Waals surface area contributed by atoms with Crippen molar-refractivity contribution in [2.75, 3.05) is 5.32 Å². The summed E-state index contributed by atoms with van der Waals surface area (Å²) >= 11 is 0. The fourth-order valence-corrected chi connectivity index (χ4v) is 4.71. The van der Waals surface area contributed by atoms with E-state index in [1.165, 1.54) is 12.1 Å². The Kier molecular flexibility index (Phi) is 7.66. The minimum Gasteiger partial charge on any atom is -0.446 e. The molecule has 1 aliphatic rings. The maximum Gasteiger partial charge on any atom is 0.407 e. The van der Waals surface area contributed by atoms with Gasteiger partial charge in [-0.05, 0) is 73.6 Å². The number of halogens is 1. The van der Waals surface area contributed by atoms with Crippen LogP contribution in [-0.2, 0) is 14.8 Å². The molecule has 1 aromatic heterocycles. The smallest absolute Gasteiger partial charge is 0.407 e. The summed E-state index contributed by atoms with van der Waals surface area (Å²) in [5.74, 6) is -0.562. The van der Waals surface area contributed by atoms with Gasteiger partial charge in [0, 0.05) is 12.4 Å². The molecule has 0 spiro atoms. The Morgan fingerprint density at radius 1 is 1.22 bits per heavy atom. The molecule has 10 nitrogen and oxygen atoms in total. The van der Waals surface area contributed by atoms with Crippen molar-refractivity contribution in [2.45, 2.75) is 49.1 Å². The Balaban J connectivity index is 1.30. The van der Waals surface area contributed by atoms with Crippen molar-refractivity contribution in [3.8, 4) is 6.07 Å². The third-order valence-electron chi connectivity index (χ3n) is 6.17. The number of nitrogens with two attached hydrogens (primary N) is 1. The van der Waals surface area contributed by atoms with Crippen molar-refractivity contribution in [3.05, 3.63) is 77.4 Å². The number of anilines is 2. The number of carbonyl (C=O) groups is 1. The molecular formula is C25H25FN6O4S. The van der Waals surface area contributed by atoms with Gasteiger partial charge in [0.15, 0.2) is 0 Å².